The van der Waals surface area contributed by atoms with E-state index < -0.39 is 0 Å². The highest BCUT2D eigenvalue weighted by atomic mass is 19.1. The molecular formula is C12H15FN2O. The molecule has 0 bridgehead atoms. The van der Waals surface area contributed by atoms with Crippen LogP contribution in [-0.2, 0) is 0 Å². The van der Waals surface area contributed by atoms with E-state index in [4.69, 9.17) is 4.84 Å². The maximum absolute atomic E-state index is 13.2. The SMILES string of the molecule is Fc1ccc2c(c1)C(C1CCNCC1)NO2. The Labute approximate surface area is 93.9 Å². The van der Waals surface area contributed by atoms with Crippen molar-refractivity contribution in [1.82, 2.24) is 10.8 Å². The molecule has 1 unspecified atom stereocenters. The number of hydrogen-bond acceptors (Lipinski definition) is 3. The maximum Gasteiger partial charge on any atom is 0.152 e. The Kier molecular flexibility index (Phi) is 2.53. The predicted molar refractivity (Wildman–Crippen MR) is 58.5 cm³/mol. The molecule has 86 valence electrons. The normalized spacial score (nSPS) is 25.2. The molecule has 3 rings (SSSR count). The van der Waals surface area contributed by atoms with Gasteiger partial charge in [0.15, 0.2) is 5.75 Å². The van der Waals surface area contributed by atoms with Gasteiger partial charge in [0.2, 0.25) is 0 Å². The van der Waals surface area contributed by atoms with Crippen molar-refractivity contribution in [3.8, 4) is 5.75 Å². The minimum atomic E-state index is -0.190. The fraction of sp³-hybridized carbons (Fsp3) is 0.500. The van der Waals surface area contributed by atoms with Gasteiger partial charge in [0.05, 0.1) is 6.04 Å². The molecule has 1 aromatic carbocycles. The van der Waals surface area contributed by atoms with Crippen molar-refractivity contribution in [2.24, 2.45) is 5.92 Å². The summed E-state index contributed by atoms with van der Waals surface area (Å²) >= 11 is 0. The van der Waals surface area contributed by atoms with E-state index in [1.165, 1.54) is 6.07 Å². The van der Waals surface area contributed by atoms with Crippen LogP contribution in [0.1, 0.15) is 24.4 Å². The van der Waals surface area contributed by atoms with Crippen molar-refractivity contribution in [2.75, 3.05) is 13.1 Å². The third-order valence-electron chi connectivity index (χ3n) is 3.46. The van der Waals surface area contributed by atoms with E-state index in [-0.39, 0.29) is 11.9 Å². The van der Waals surface area contributed by atoms with Crippen molar-refractivity contribution in [3.63, 3.8) is 0 Å². The zero-order valence-corrected chi connectivity index (χ0v) is 9.00. The van der Waals surface area contributed by atoms with Crippen molar-refractivity contribution >= 4 is 0 Å². The van der Waals surface area contributed by atoms with Crippen LogP contribution in [-0.4, -0.2) is 13.1 Å². The average molecular weight is 222 g/mol. The fourth-order valence-corrected chi connectivity index (χ4v) is 2.57. The van der Waals surface area contributed by atoms with Crippen LogP contribution in [0.25, 0.3) is 0 Å². The summed E-state index contributed by atoms with van der Waals surface area (Å²) in [6.07, 6.45) is 2.22. The second kappa shape index (κ2) is 4.03. The van der Waals surface area contributed by atoms with Crippen LogP contribution in [0.3, 0.4) is 0 Å². The molecule has 1 aromatic rings. The van der Waals surface area contributed by atoms with E-state index in [0.717, 1.165) is 37.2 Å². The Morgan fingerprint density at radius 2 is 2.06 bits per heavy atom. The van der Waals surface area contributed by atoms with Gasteiger partial charge in [0.1, 0.15) is 5.82 Å². The van der Waals surface area contributed by atoms with Crippen LogP contribution in [0.2, 0.25) is 0 Å². The smallest absolute Gasteiger partial charge is 0.152 e. The van der Waals surface area contributed by atoms with E-state index >= 15 is 0 Å². The highest BCUT2D eigenvalue weighted by molar-refractivity contribution is 5.39. The fourth-order valence-electron chi connectivity index (χ4n) is 2.57. The van der Waals surface area contributed by atoms with Gasteiger partial charge < -0.3 is 10.2 Å². The summed E-state index contributed by atoms with van der Waals surface area (Å²) in [5.41, 5.74) is 3.99. The topological polar surface area (TPSA) is 33.3 Å². The van der Waals surface area contributed by atoms with E-state index in [2.05, 4.69) is 10.8 Å². The Balaban J connectivity index is 1.86. The van der Waals surface area contributed by atoms with E-state index in [9.17, 15) is 4.39 Å². The molecule has 0 aliphatic carbocycles. The number of halogens is 1. The molecule has 1 saturated heterocycles. The van der Waals surface area contributed by atoms with E-state index in [0.29, 0.717) is 5.92 Å². The maximum atomic E-state index is 13.2. The summed E-state index contributed by atoms with van der Waals surface area (Å²) in [6, 6.07) is 4.86. The van der Waals surface area contributed by atoms with Crippen molar-refractivity contribution in [3.05, 3.63) is 29.6 Å². The Bertz CT molecular complexity index is 391. The van der Waals surface area contributed by atoms with Gasteiger partial charge in [0, 0.05) is 5.56 Å². The first-order valence-corrected chi connectivity index (χ1v) is 5.77. The van der Waals surface area contributed by atoms with Crippen LogP contribution >= 0.6 is 0 Å². The van der Waals surface area contributed by atoms with Crippen molar-refractivity contribution < 1.29 is 9.23 Å². The molecule has 0 saturated carbocycles. The third-order valence-corrected chi connectivity index (χ3v) is 3.46. The molecule has 0 aromatic heterocycles. The van der Waals surface area contributed by atoms with E-state index in [1.807, 2.05) is 0 Å². The molecule has 0 radical (unpaired) electrons. The molecule has 16 heavy (non-hydrogen) atoms. The number of piperidine rings is 1. The van der Waals surface area contributed by atoms with Crippen LogP contribution in [0.15, 0.2) is 18.2 Å². The molecule has 4 heteroatoms. The lowest BCUT2D eigenvalue weighted by Gasteiger charge is -2.27. The summed E-state index contributed by atoms with van der Waals surface area (Å²) in [5.74, 6) is 1.11. The standard InChI is InChI=1S/C12H15FN2O/c13-9-1-2-11-10(7-9)12(15-16-11)8-3-5-14-6-4-8/h1-2,7-8,12,14-15H,3-6H2. The summed E-state index contributed by atoms with van der Waals surface area (Å²) in [4.78, 5) is 5.38. The Morgan fingerprint density at radius 3 is 2.88 bits per heavy atom. The molecule has 1 atom stereocenters. The third kappa shape index (κ3) is 1.68. The molecule has 0 amide bonds. The second-order valence-corrected chi connectivity index (χ2v) is 4.47. The van der Waals surface area contributed by atoms with Gasteiger partial charge in [-0.1, -0.05) is 0 Å². The summed E-state index contributed by atoms with van der Waals surface area (Å²) < 4.78 is 13.2. The molecule has 2 aliphatic rings. The summed E-state index contributed by atoms with van der Waals surface area (Å²) in [6.45, 7) is 2.07. The molecule has 2 N–H and O–H groups in total. The van der Waals surface area contributed by atoms with Crippen LogP contribution in [0, 0.1) is 11.7 Å². The largest absolute Gasteiger partial charge is 0.408 e. The van der Waals surface area contributed by atoms with Gasteiger partial charge in [-0.3, -0.25) is 0 Å². The summed E-state index contributed by atoms with van der Waals surface area (Å²) in [7, 11) is 0. The Hall–Kier alpha value is -1.13. The van der Waals surface area contributed by atoms with Gasteiger partial charge >= 0.3 is 0 Å². The van der Waals surface area contributed by atoms with E-state index in [1.54, 1.807) is 12.1 Å². The lowest BCUT2D eigenvalue weighted by Crippen LogP contribution is -2.34. The molecule has 3 nitrogen and oxygen atoms in total. The molecule has 2 heterocycles. The number of hydroxylamine groups is 1. The minimum Gasteiger partial charge on any atom is -0.408 e. The van der Waals surface area contributed by atoms with Gasteiger partial charge in [-0.2, -0.15) is 0 Å². The lowest BCUT2D eigenvalue weighted by molar-refractivity contribution is 0.147. The van der Waals surface area contributed by atoms with Gasteiger partial charge in [-0.25, -0.2) is 4.39 Å². The second-order valence-electron chi connectivity index (χ2n) is 4.47. The van der Waals surface area contributed by atoms with Crippen molar-refractivity contribution in [1.29, 1.82) is 0 Å². The molecule has 0 spiro atoms. The quantitative estimate of drug-likeness (QED) is 0.759. The van der Waals surface area contributed by atoms with Gasteiger partial charge in [0.25, 0.3) is 0 Å². The number of benzene rings is 1. The first kappa shape index (κ1) is 10.1. The lowest BCUT2D eigenvalue weighted by atomic mass is 9.86. The predicted octanol–water partition coefficient (Wildman–Crippen LogP) is 1.76. The van der Waals surface area contributed by atoms with Gasteiger partial charge in [-0.05, 0) is 50.0 Å². The molecule has 2 aliphatic heterocycles. The minimum absolute atomic E-state index is 0.146. The first-order chi connectivity index (χ1) is 7.84. The first-order valence-electron chi connectivity index (χ1n) is 5.77. The monoisotopic (exact) mass is 222 g/mol. The van der Waals surface area contributed by atoms with Crippen LogP contribution in [0.5, 0.6) is 5.75 Å². The highest BCUT2D eigenvalue weighted by Crippen LogP contribution is 2.38. The zero-order valence-electron chi connectivity index (χ0n) is 9.00. The molecule has 1 fully saturated rings. The number of nitrogens with one attached hydrogen (secondary N) is 2. The Morgan fingerprint density at radius 1 is 1.25 bits per heavy atom. The van der Waals surface area contributed by atoms with Gasteiger partial charge in [-0.15, -0.1) is 5.48 Å². The zero-order chi connectivity index (χ0) is 11.0. The number of rotatable bonds is 1. The molecular weight excluding hydrogens is 207 g/mol. The van der Waals surface area contributed by atoms with Crippen molar-refractivity contribution in [2.45, 2.75) is 18.9 Å². The number of fused-ring (bicyclic) bond motifs is 1. The highest BCUT2D eigenvalue weighted by Gasteiger charge is 2.32. The summed E-state index contributed by atoms with van der Waals surface area (Å²) in [5, 5.41) is 3.33. The van der Waals surface area contributed by atoms with Crippen LogP contribution in [0.4, 0.5) is 4.39 Å². The van der Waals surface area contributed by atoms with Crippen LogP contribution < -0.4 is 15.6 Å². The number of hydrogen-bond donors (Lipinski definition) is 2. The average Bonchev–Trinajstić information content (AvgIpc) is 2.73.